The molecule has 13 heavy (non-hydrogen) atoms. The van der Waals surface area contributed by atoms with Crippen LogP contribution < -0.4 is 11.2 Å². The first-order valence-corrected chi connectivity index (χ1v) is 5.37. The Balaban J connectivity index is 2.40. The molecule has 1 aliphatic rings. The van der Waals surface area contributed by atoms with Gasteiger partial charge in [-0.25, -0.2) is 10.2 Å². The van der Waals surface area contributed by atoms with E-state index in [1.165, 1.54) is 0 Å². The molecule has 0 spiro atoms. The number of amides is 2. The minimum atomic E-state index is -0.592. The minimum Gasteiger partial charge on any atom is -0.350 e. The number of thioether (sulfide) groups is 1. The highest BCUT2D eigenvalue weighted by molar-refractivity contribution is 8.01. The Hall–Kier alpha value is -0.710. The summed E-state index contributed by atoms with van der Waals surface area (Å²) in [5, 5.41) is 4.56. The van der Waals surface area contributed by atoms with Gasteiger partial charge in [0.25, 0.3) is 0 Å². The summed E-state index contributed by atoms with van der Waals surface area (Å²) in [7, 11) is 0. The summed E-state index contributed by atoms with van der Waals surface area (Å²) in [5.41, 5.74) is 8.19. The smallest absolute Gasteiger partial charge is 0.332 e. The number of nitrogens with two attached hydrogens (primary N) is 1. The summed E-state index contributed by atoms with van der Waals surface area (Å²) in [4.78, 5) is 10.4. The fourth-order valence-corrected chi connectivity index (χ4v) is 2.48. The maximum absolute atomic E-state index is 10.4. The zero-order valence-corrected chi connectivity index (χ0v) is 8.73. The van der Waals surface area contributed by atoms with Crippen LogP contribution in [0.3, 0.4) is 0 Å². The van der Waals surface area contributed by atoms with Crippen LogP contribution in [0.2, 0.25) is 0 Å². The summed E-state index contributed by atoms with van der Waals surface area (Å²) in [5.74, 6) is 1.56. The number of primary amides is 1. The van der Waals surface area contributed by atoms with Gasteiger partial charge in [-0.05, 0) is 5.92 Å². The zero-order valence-electron chi connectivity index (χ0n) is 7.91. The Morgan fingerprint density at radius 2 is 2.46 bits per heavy atom. The lowest BCUT2D eigenvalue weighted by Crippen LogP contribution is -2.26. The molecule has 0 aromatic heterocycles. The van der Waals surface area contributed by atoms with Crippen molar-refractivity contribution in [2.45, 2.75) is 25.5 Å². The van der Waals surface area contributed by atoms with Crippen molar-refractivity contribution in [3.63, 3.8) is 0 Å². The van der Waals surface area contributed by atoms with Crippen LogP contribution in [-0.2, 0) is 0 Å². The molecule has 0 bridgehead atoms. The van der Waals surface area contributed by atoms with Gasteiger partial charge in [-0.2, -0.15) is 16.9 Å². The van der Waals surface area contributed by atoms with Crippen LogP contribution in [-0.4, -0.2) is 22.7 Å². The van der Waals surface area contributed by atoms with Crippen LogP contribution in [0.1, 0.15) is 20.3 Å². The van der Waals surface area contributed by atoms with E-state index in [0.29, 0.717) is 11.2 Å². The SMILES string of the molecule is CC(C)C1C/C(=N\NC(N)=O)CS1. The van der Waals surface area contributed by atoms with E-state index < -0.39 is 6.03 Å². The van der Waals surface area contributed by atoms with Gasteiger partial charge in [0, 0.05) is 23.1 Å². The fraction of sp³-hybridized carbons (Fsp3) is 0.750. The van der Waals surface area contributed by atoms with E-state index in [9.17, 15) is 4.79 Å². The maximum atomic E-state index is 10.4. The number of hydrazone groups is 1. The number of carbonyl (C=O) groups excluding carboxylic acids is 1. The molecule has 0 saturated carbocycles. The molecule has 5 heteroatoms. The van der Waals surface area contributed by atoms with E-state index in [0.717, 1.165) is 17.9 Å². The van der Waals surface area contributed by atoms with Gasteiger partial charge in [0.05, 0.1) is 0 Å². The van der Waals surface area contributed by atoms with E-state index >= 15 is 0 Å². The average Bonchev–Trinajstić information content (AvgIpc) is 2.48. The van der Waals surface area contributed by atoms with E-state index in [1.807, 2.05) is 11.8 Å². The van der Waals surface area contributed by atoms with Crippen molar-refractivity contribution >= 4 is 23.5 Å². The van der Waals surface area contributed by atoms with Crippen LogP contribution in [0.4, 0.5) is 4.79 Å². The molecule has 0 aliphatic carbocycles. The van der Waals surface area contributed by atoms with Crippen molar-refractivity contribution in [2.24, 2.45) is 16.8 Å². The Labute approximate surface area is 82.3 Å². The van der Waals surface area contributed by atoms with Gasteiger partial charge in [0.15, 0.2) is 0 Å². The molecule has 1 fully saturated rings. The molecule has 1 rings (SSSR count). The highest BCUT2D eigenvalue weighted by atomic mass is 32.2. The van der Waals surface area contributed by atoms with Crippen molar-refractivity contribution in [1.29, 1.82) is 0 Å². The third kappa shape index (κ3) is 3.26. The van der Waals surface area contributed by atoms with Crippen molar-refractivity contribution in [3.05, 3.63) is 0 Å². The van der Waals surface area contributed by atoms with Crippen molar-refractivity contribution in [1.82, 2.24) is 5.43 Å². The first-order valence-electron chi connectivity index (χ1n) is 4.32. The molecule has 2 amide bonds. The number of hydrogen-bond donors (Lipinski definition) is 2. The maximum Gasteiger partial charge on any atom is 0.332 e. The van der Waals surface area contributed by atoms with Crippen LogP contribution >= 0.6 is 11.8 Å². The Bertz CT molecular complexity index is 227. The predicted octanol–water partition coefficient (Wildman–Crippen LogP) is 1.17. The number of urea groups is 1. The number of carbonyl (C=O) groups is 1. The number of nitrogens with one attached hydrogen (secondary N) is 1. The summed E-state index contributed by atoms with van der Waals surface area (Å²) in [6.45, 7) is 4.39. The summed E-state index contributed by atoms with van der Waals surface area (Å²) >= 11 is 1.89. The standard InChI is InChI=1S/C8H15N3OS/c1-5(2)7-3-6(4-13-7)10-11-8(9)12/h5,7H,3-4H2,1-2H3,(H3,9,11,12)/b10-6+. The Morgan fingerprint density at radius 3 is 2.92 bits per heavy atom. The average molecular weight is 201 g/mol. The molecule has 1 aliphatic heterocycles. The third-order valence-corrected chi connectivity index (χ3v) is 3.61. The molecule has 4 nitrogen and oxygen atoms in total. The molecule has 1 atom stereocenters. The second-order valence-corrected chi connectivity index (χ2v) is 4.68. The topological polar surface area (TPSA) is 67.5 Å². The summed E-state index contributed by atoms with van der Waals surface area (Å²) < 4.78 is 0. The second kappa shape index (κ2) is 4.50. The molecule has 0 aromatic carbocycles. The van der Waals surface area contributed by atoms with Crippen LogP contribution in [0.5, 0.6) is 0 Å². The van der Waals surface area contributed by atoms with Gasteiger partial charge in [0.1, 0.15) is 0 Å². The second-order valence-electron chi connectivity index (χ2n) is 3.45. The van der Waals surface area contributed by atoms with Crippen LogP contribution in [0.15, 0.2) is 5.10 Å². The predicted molar refractivity (Wildman–Crippen MR) is 55.9 cm³/mol. The van der Waals surface area contributed by atoms with E-state index in [-0.39, 0.29) is 0 Å². The molecular weight excluding hydrogens is 186 g/mol. The monoisotopic (exact) mass is 201 g/mol. The number of hydrogen-bond acceptors (Lipinski definition) is 3. The lowest BCUT2D eigenvalue weighted by molar-refractivity contribution is 0.249. The zero-order chi connectivity index (χ0) is 9.84. The van der Waals surface area contributed by atoms with Gasteiger partial charge in [-0.1, -0.05) is 13.8 Å². The van der Waals surface area contributed by atoms with Crippen molar-refractivity contribution in [2.75, 3.05) is 5.75 Å². The first-order chi connectivity index (χ1) is 6.09. The quantitative estimate of drug-likeness (QED) is 0.659. The van der Waals surface area contributed by atoms with Crippen LogP contribution in [0, 0.1) is 5.92 Å². The van der Waals surface area contributed by atoms with E-state index in [1.54, 1.807) is 0 Å². The van der Waals surface area contributed by atoms with Gasteiger partial charge in [-0.3, -0.25) is 0 Å². The molecule has 0 aromatic rings. The normalized spacial score (nSPS) is 25.5. The van der Waals surface area contributed by atoms with Crippen molar-refractivity contribution < 1.29 is 4.79 Å². The lowest BCUT2D eigenvalue weighted by atomic mass is 10.1. The fourth-order valence-electron chi connectivity index (χ4n) is 1.19. The third-order valence-electron chi connectivity index (χ3n) is 1.97. The summed E-state index contributed by atoms with van der Waals surface area (Å²) in [6, 6.07) is -0.592. The van der Waals surface area contributed by atoms with Crippen LogP contribution in [0.25, 0.3) is 0 Å². The van der Waals surface area contributed by atoms with Gasteiger partial charge < -0.3 is 5.73 Å². The molecule has 1 saturated heterocycles. The Morgan fingerprint density at radius 1 is 1.77 bits per heavy atom. The molecule has 3 N–H and O–H groups in total. The highest BCUT2D eigenvalue weighted by Gasteiger charge is 2.23. The number of rotatable bonds is 2. The van der Waals surface area contributed by atoms with Crippen molar-refractivity contribution in [3.8, 4) is 0 Å². The molecule has 1 heterocycles. The number of nitrogens with zero attached hydrogens (tertiary/aromatic N) is 1. The molecule has 0 radical (unpaired) electrons. The molecule has 74 valence electrons. The van der Waals surface area contributed by atoms with E-state index in [2.05, 4.69) is 24.4 Å². The summed E-state index contributed by atoms with van der Waals surface area (Å²) in [6.07, 6.45) is 0.961. The van der Waals surface area contributed by atoms with Gasteiger partial charge in [-0.15, -0.1) is 0 Å². The highest BCUT2D eigenvalue weighted by Crippen LogP contribution is 2.30. The minimum absolute atomic E-state index is 0.592. The van der Waals surface area contributed by atoms with Gasteiger partial charge >= 0.3 is 6.03 Å². The van der Waals surface area contributed by atoms with E-state index in [4.69, 9.17) is 5.73 Å². The Kier molecular flexibility index (Phi) is 3.59. The first kappa shape index (κ1) is 10.4. The molecule has 1 unspecified atom stereocenters. The molecular formula is C8H15N3OS. The van der Waals surface area contributed by atoms with Gasteiger partial charge in [0.2, 0.25) is 0 Å². The largest absolute Gasteiger partial charge is 0.350 e. The lowest BCUT2D eigenvalue weighted by Gasteiger charge is -2.10.